The van der Waals surface area contributed by atoms with E-state index in [4.69, 9.17) is 9.47 Å². The average molecular weight is 631 g/mol. The third-order valence-electron chi connectivity index (χ3n) is 6.25. The van der Waals surface area contributed by atoms with Crippen LogP contribution in [0.25, 0.3) is 0 Å². The summed E-state index contributed by atoms with van der Waals surface area (Å²) in [4.78, 5) is 0. The van der Waals surface area contributed by atoms with Crippen molar-refractivity contribution >= 4 is 11.4 Å². The van der Waals surface area contributed by atoms with Gasteiger partial charge in [-0.25, -0.2) is 0 Å². The summed E-state index contributed by atoms with van der Waals surface area (Å²) < 4.78 is 99.0. The van der Waals surface area contributed by atoms with E-state index in [9.17, 15) is 26.3 Å². The maximum absolute atomic E-state index is 14.6. The van der Waals surface area contributed by atoms with Crippen LogP contribution in [0.3, 0.4) is 0 Å². The topological polar surface area (TPSA) is 74.4 Å². The second-order valence-electron chi connectivity index (χ2n) is 10.1. The summed E-state index contributed by atoms with van der Waals surface area (Å²) in [5.74, 6) is 0.676. The molecular weight excluding hydrogens is 602 g/mol. The summed E-state index contributed by atoms with van der Waals surface area (Å²) >= 11 is 0. The lowest BCUT2D eigenvalue weighted by molar-refractivity contribution is -0.288. The fraction of sp³-hybridized carbons (Fsp3) is 0.226. The monoisotopic (exact) mass is 630 g/mol. The molecule has 0 saturated heterocycles. The molecule has 8 nitrogen and oxygen atoms in total. The summed E-state index contributed by atoms with van der Waals surface area (Å²) in [5.41, 5.74) is -5.33. The summed E-state index contributed by atoms with van der Waals surface area (Å²) in [6.07, 6.45) is -11.5. The molecule has 0 aliphatic carbocycles. The number of halogens is 6. The lowest BCUT2D eigenvalue weighted by Gasteiger charge is -2.38. The van der Waals surface area contributed by atoms with Gasteiger partial charge in [0.1, 0.15) is 23.0 Å². The Morgan fingerprint density at radius 3 is 0.956 bits per heavy atom. The van der Waals surface area contributed by atoms with Gasteiger partial charge in [-0.15, -0.1) is 10.2 Å². The normalized spacial score (nSPS) is 12.5. The molecule has 14 heteroatoms. The molecule has 0 N–H and O–H groups in total. The summed E-state index contributed by atoms with van der Waals surface area (Å²) in [6.45, 7) is 0. The number of ether oxygens (including phenoxy) is 2. The van der Waals surface area contributed by atoms with Gasteiger partial charge in [0, 0.05) is 28.2 Å². The van der Waals surface area contributed by atoms with Gasteiger partial charge in [-0.05, 0) is 83.9 Å². The molecule has 236 valence electrons. The van der Waals surface area contributed by atoms with Crippen molar-refractivity contribution in [2.45, 2.75) is 17.8 Å². The number of hydrogen-bond donors (Lipinski definition) is 0. The zero-order valence-electron chi connectivity index (χ0n) is 24.5. The van der Waals surface area contributed by atoms with Gasteiger partial charge < -0.3 is 9.47 Å². The van der Waals surface area contributed by atoms with Crippen molar-refractivity contribution in [2.24, 2.45) is 20.7 Å². The minimum Gasteiger partial charge on any atom is -0.457 e. The van der Waals surface area contributed by atoms with Gasteiger partial charge in [0.25, 0.3) is 0 Å². The van der Waals surface area contributed by atoms with Gasteiger partial charge in [-0.3, -0.25) is 10.0 Å². The highest BCUT2D eigenvalue weighted by molar-refractivity contribution is 5.49. The fourth-order valence-electron chi connectivity index (χ4n) is 4.24. The van der Waals surface area contributed by atoms with Crippen molar-refractivity contribution in [3.05, 3.63) is 108 Å². The van der Waals surface area contributed by atoms with E-state index < -0.39 is 28.9 Å². The van der Waals surface area contributed by atoms with Crippen LogP contribution in [-0.2, 0) is 5.41 Å². The molecular formula is C31H28F6N6O2. The van der Waals surface area contributed by atoms with Gasteiger partial charge >= 0.3 is 12.4 Å². The van der Waals surface area contributed by atoms with Crippen LogP contribution in [0, 0.1) is 0 Å². The SMILES string of the molecule is CN(C)N=Nc1ccc(Oc2ccc(C(c3ccc(Oc4ccc(N=NN(C)C)cc4)cc3)(C(F)(F)F)C(F)(F)F)cc2)cc1. The van der Waals surface area contributed by atoms with Crippen LogP contribution in [0.4, 0.5) is 37.7 Å². The average Bonchev–Trinajstić information content (AvgIpc) is 2.97. The molecule has 0 aliphatic heterocycles. The molecule has 0 atom stereocenters. The molecule has 45 heavy (non-hydrogen) atoms. The minimum absolute atomic E-state index is 0.0395. The number of alkyl halides is 6. The van der Waals surface area contributed by atoms with Crippen LogP contribution in [-0.4, -0.2) is 50.6 Å². The lowest BCUT2D eigenvalue weighted by atomic mass is 9.73. The number of hydrogen-bond acceptors (Lipinski definition) is 6. The van der Waals surface area contributed by atoms with Crippen LogP contribution < -0.4 is 9.47 Å². The van der Waals surface area contributed by atoms with Crippen LogP contribution in [0.5, 0.6) is 23.0 Å². The second-order valence-corrected chi connectivity index (χ2v) is 10.1. The predicted octanol–water partition coefficient (Wildman–Crippen LogP) is 9.80. The van der Waals surface area contributed by atoms with Crippen molar-refractivity contribution in [3.63, 3.8) is 0 Å². The molecule has 0 spiro atoms. The molecule has 0 saturated carbocycles. The van der Waals surface area contributed by atoms with Crippen LogP contribution in [0.2, 0.25) is 0 Å². The van der Waals surface area contributed by atoms with E-state index in [-0.39, 0.29) is 11.5 Å². The van der Waals surface area contributed by atoms with E-state index >= 15 is 0 Å². The van der Waals surface area contributed by atoms with Gasteiger partial charge in [0.05, 0.1) is 11.4 Å². The van der Waals surface area contributed by atoms with E-state index in [0.29, 0.717) is 22.9 Å². The van der Waals surface area contributed by atoms with Crippen LogP contribution in [0.1, 0.15) is 11.1 Å². The van der Waals surface area contributed by atoms with Gasteiger partial charge in [0.2, 0.25) is 5.41 Å². The Balaban J connectivity index is 1.60. The molecule has 0 bridgehead atoms. The molecule has 4 aromatic rings. The van der Waals surface area contributed by atoms with Crippen molar-refractivity contribution in [1.29, 1.82) is 0 Å². The highest BCUT2D eigenvalue weighted by Gasteiger charge is 2.72. The molecule has 4 aromatic carbocycles. The first-order valence-corrected chi connectivity index (χ1v) is 13.3. The van der Waals surface area contributed by atoms with Gasteiger partial charge in [0.15, 0.2) is 0 Å². The standard InChI is InChI=1S/C31H28F6N6O2/c1-42(2)40-38-23-9-17-27(18-10-23)44-25-13-5-21(6-14-25)29(30(32,33)34,31(35,36)37)22-7-15-26(16-8-22)45-28-19-11-24(12-20-28)39-41-43(3)4/h5-20H,1-4H3. The van der Waals surface area contributed by atoms with Crippen molar-refractivity contribution in [2.75, 3.05) is 28.2 Å². The minimum atomic E-state index is -5.75. The zero-order valence-corrected chi connectivity index (χ0v) is 24.5. The smallest absolute Gasteiger partial charge is 0.411 e. The van der Waals surface area contributed by atoms with Crippen molar-refractivity contribution in [1.82, 2.24) is 10.0 Å². The fourth-order valence-corrected chi connectivity index (χ4v) is 4.24. The maximum atomic E-state index is 14.6. The maximum Gasteiger partial charge on any atom is 0.411 e. The number of benzene rings is 4. The second kappa shape index (κ2) is 13.2. The largest absolute Gasteiger partial charge is 0.457 e. The van der Waals surface area contributed by atoms with Gasteiger partial charge in [-0.1, -0.05) is 34.7 Å². The Morgan fingerprint density at radius 2 is 0.711 bits per heavy atom. The predicted molar refractivity (Wildman–Crippen MR) is 155 cm³/mol. The van der Waals surface area contributed by atoms with Crippen LogP contribution in [0.15, 0.2) is 118 Å². The summed E-state index contributed by atoms with van der Waals surface area (Å²) in [7, 11) is 6.79. The third kappa shape index (κ3) is 7.69. The van der Waals surface area contributed by atoms with E-state index in [0.717, 1.165) is 48.5 Å². The first-order chi connectivity index (χ1) is 21.2. The van der Waals surface area contributed by atoms with Crippen molar-refractivity contribution in [3.8, 4) is 23.0 Å². The third-order valence-corrected chi connectivity index (χ3v) is 6.25. The van der Waals surface area contributed by atoms with E-state index in [1.54, 1.807) is 76.7 Å². The number of rotatable bonds is 10. The molecule has 0 fully saturated rings. The Kier molecular flexibility index (Phi) is 9.64. The Hall–Kier alpha value is -5.14. The van der Waals surface area contributed by atoms with Crippen molar-refractivity contribution < 1.29 is 35.8 Å². The van der Waals surface area contributed by atoms with Crippen LogP contribution >= 0.6 is 0 Å². The number of nitrogens with zero attached hydrogens (tertiary/aromatic N) is 6. The summed E-state index contributed by atoms with van der Waals surface area (Å²) in [5, 5.41) is 18.7. The zero-order chi connectivity index (χ0) is 32.8. The Labute approximate surface area is 255 Å². The molecule has 0 aliphatic rings. The quantitative estimate of drug-likeness (QED) is 0.0993. The molecule has 0 heterocycles. The molecule has 0 aromatic heterocycles. The van der Waals surface area contributed by atoms with Gasteiger partial charge in [-0.2, -0.15) is 26.3 Å². The highest BCUT2D eigenvalue weighted by Crippen LogP contribution is 2.56. The Bertz CT molecular complexity index is 1480. The van der Waals surface area contributed by atoms with E-state index in [1.807, 2.05) is 0 Å². The lowest BCUT2D eigenvalue weighted by Crippen LogP contribution is -2.54. The first-order valence-electron chi connectivity index (χ1n) is 13.3. The molecule has 0 amide bonds. The first kappa shape index (κ1) is 32.8. The van der Waals surface area contributed by atoms with E-state index in [1.165, 1.54) is 10.0 Å². The highest BCUT2D eigenvalue weighted by atomic mass is 19.4. The molecule has 0 unspecified atom stereocenters. The summed E-state index contributed by atoms with van der Waals surface area (Å²) in [6, 6.07) is 19.8. The Morgan fingerprint density at radius 1 is 0.444 bits per heavy atom. The molecule has 4 rings (SSSR count). The van der Waals surface area contributed by atoms with E-state index in [2.05, 4.69) is 20.7 Å². The molecule has 0 radical (unpaired) electrons.